The average molecular weight is 208 g/mol. The Morgan fingerprint density at radius 2 is 2.27 bits per heavy atom. The topological polar surface area (TPSA) is 64.2 Å². The fourth-order valence-corrected chi connectivity index (χ4v) is 1.88. The SMILES string of the molecule is CCn1ccnc(N2CC(C)(N)C2)c1=O. The van der Waals surface area contributed by atoms with Gasteiger partial charge in [-0.2, -0.15) is 0 Å². The molecule has 1 aromatic heterocycles. The summed E-state index contributed by atoms with van der Waals surface area (Å²) in [5.74, 6) is 0.516. The Morgan fingerprint density at radius 3 is 2.80 bits per heavy atom. The summed E-state index contributed by atoms with van der Waals surface area (Å²) < 4.78 is 1.65. The van der Waals surface area contributed by atoms with Gasteiger partial charge in [0.15, 0.2) is 5.82 Å². The third-order valence-electron chi connectivity index (χ3n) is 2.64. The van der Waals surface area contributed by atoms with Crippen molar-refractivity contribution >= 4 is 5.82 Å². The van der Waals surface area contributed by atoms with Crippen LogP contribution in [0, 0.1) is 0 Å². The summed E-state index contributed by atoms with van der Waals surface area (Å²) in [6.07, 6.45) is 3.36. The largest absolute Gasteiger partial charge is 0.348 e. The van der Waals surface area contributed by atoms with Crippen LogP contribution in [-0.4, -0.2) is 28.2 Å². The second-order valence-corrected chi connectivity index (χ2v) is 4.35. The van der Waals surface area contributed by atoms with Crippen LogP contribution in [0.1, 0.15) is 13.8 Å². The van der Waals surface area contributed by atoms with Gasteiger partial charge in [-0.1, -0.05) is 0 Å². The molecule has 0 unspecified atom stereocenters. The Morgan fingerprint density at radius 1 is 1.60 bits per heavy atom. The molecule has 1 saturated heterocycles. The van der Waals surface area contributed by atoms with Crippen LogP contribution in [0.2, 0.25) is 0 Å². The Labute approximate surface area is 88.5 Å². The maximum absolute atomic E-state index is 11.9. The molecule has 5 heteroatoms. The van der Waals surface area contributed by atoms with E-state index in [-0.39, 0.29) is 11.1 Å². The summed E-state index contributed by atoms with van der Waals surface area (Å²) in [6.45, 7) is 5.98. The van der Waals surface area contributed by atoms with Crippen molar-refractivity contribution in [1.82, 2.24) is 9.55 Å². The van der Waals surface area contributed by atoms with E-state index in [4.69, 9.17) is 5.73 Å². The molecule has 0 amide bonds. The zero-order chi connectivity index (χ0) is 11.1. The molecule has 2 N–H and O–H groups in total. The van der Waals surface area contributed by atoms with Gasteiger partial charge < -0.3 is 15.2 Å². The molecule has 2 rings (SSSR count). The Kier molecular flexibility index (Phi) is 2.26. The highest BCUT2D eigenvalue weighted by Crippen LogP contribution is 2.20. The van der Waals surface area contributed by atoms with E-state index in [9.17, 15) is 4.79 Å². The number of aryl methyl sites for hydroxylation is 1. The zero-order valence-electron chi connectivity index (χ0n) is 9.10. The quantitative estimate of drug-likeness (QED) is 0.731. The molecule has 0 atom stereocenters. The summed E-state index contributed by atoms with van der Waals surface area (Å²) in [7, 11) is 0. The molecule has 0 aromatic carbocycles. The fourth-order valence-electron chi connectivity index (χ4n) is 1.88. The van der Waals surface area contributed by atoms with Crippen molar-refractivity contribution in [2.75, 3.05) is 18.0 Å². The standard InChI is InChI=1S/C10H16N4O/c1-3-13-5-4-12-8(9(13)15)14-6-10(2,11)7-14/h4-5H,3,6-7,11H2,1-2H3. The molecule has 2 heterocycles. The number of anilines is 1. The third kappa shape index (κ3) is 1.74. The van der Waals surface area contributed by atoms with Crippen LogP contribution in [0.3, 0.4) is 0 Å². The molecule has 1 aliphatic heterocycles. The van der Waals surface area contributed by atoms with Gasteiger partial charge in [0.25, 0.3) is 5.56 Å². The summed E-state index contributed by atoms with van der Waals surface area (Å²) in [4.78, 5) is 17.9. The van der Waals surface area contributed by atoms with Crippen molar-refractivity contribution in [3.8, 4) is 0 Å². The summed E-state index contributed by atoms with van der Waals surface area (Å²) in [5.41, 5.74) is 5.68. The van der Waals surface area contributed by atoms with Gasteiger partial charge in [0, 0.05) is 37.6 Å². The van der Waals surface area contributed by atoms with Crippen molar-refractivity contribution in [2.45, 2.75) is 25.9 Å². The number of nitrogens with zero attached hydrogens (tertiary/aromatic N) is 3. The number of rotatable bonds is 2. The van der Waals surface area contributed by atoms with Gasteiger partial charge in [0.1, 0.15) is 0 Å². The van der Waals surface area contributed by atoms with Crippen molar-refractivity contribution < 1.29 is 0 Å². The minimum Gasteiger partial charge on any atom is -0.348 e. The van der Waals surface area contributed by atoms with E-state index >= 15 is 0 Å². The van der Waals surface area contributed by atoms with E-state index in [1.807, 2.05) is 18.7 Å². The molecule has 15 heavy (non-hydrogen) atoms. The Balaban J connectivity index is 2.27. The van der Waals surface area contributed by atoms with Gasteiger partial charge in [-0.15, -0.1) is 0 Å². The van der Waals surface area contributed by atoms with Crippen molar-refractivity contribution in [2.24, 2.45) is 5.73 Å². The van der Waals surface area contributed by atoms with E-state index in [2.05, 4.69) is 4.98 Å². The number of hydrogen-bond acceptors (Lipinski definition) is 4. The smallest absolute Gasteiger partial charge is 0.293 e. The van der Waals surface area contributed by atoms with Gasteiger partial charge in [-0.05, 0) is 13.8 Å². The predicted molar refractivity (Wildman–Crippen MR) is 59.0 cm³/mol. The zero-order valence-corrected chi connectivity index (χ0v) is 9.10. The van der Waals surface area contributed by atoms with Crippen molar-refractivity contribution in [3.05, 3.63) is 22.7 Å². The maximum atomic E-state index is 11.9. The molecule has 0 spiro atoms. The third-order valence-corrected chi connectivity index (χ3v) is 2.64. The van der Waals surface area contributed by atoms with Crippen LogP contribution in [0.25, 0.3) is 0 Å². The number of nitrogens with two attached hydrogens (primary N) is 1. The monoisotopic (exact) mass is 208 g/mol. The molecular weight excluding hydrogens is 192 g/mol. The average Bonchev–Trinajstić information content (AvgIpc) is 2.14. The first-order chi connectivity index (χ1) is 7.03. The van der Waals surface area contributed by atoms with E-state index < -0.39 is 0 Å². The van der Waals surface area contributed by atoms with Gasteiger partial charge >= 0.3 is 0 Å². The summed E-state index contributed by atoms with van der Waals surface area (Å²) in [6, 6.07) is 0. The van der Waals surface area contributed by atoms with Crippen molar-refractivity contribution in [3.63, 3.8) is 0 Å². The van der Waals surface area contributed by atoms with E-state index in [0.717, 1.165) is 0 Å². The minimum atomic E-state index is -0.180. The van der Waals surface area contributed by atoms with Crippen LogP contribution in [0.15, 0.2) is 17.2 Å². The predicted octanol–water partition coefficient (Wildman–Crippen LogP) is -0.199. The first kappa shape index (κ1) is 10.2. The second-order valence-electron chi connectivity index (χ2n) is 4.35. The fraction of sp³-hybridized carbons (Fsp3) is 0.600. The molecule has 82 valence electrons. The van der Waals surface area contributed by atoms with Gasteiger partial charge in [0.05, 0.1) is 0 Å². The number of hydrogen-bond donors (Lipinski definition) is 1. The minimum absolute atomic E-state index is 0.0319. The lowest BCUT2D eigenvalue weighted by Gasteiger charge is -2.45. The maximum Gasteiger partial charge on any atom is 0.293 e. The van der Waals surface area contributed by atoms with E-state index in [0.29, 0.717) is 25.5 Å². The molecule has 1 fully saturated rings. The highest BCUT2D eigenvalue weighted by Gasteiger charge is 2.36. The van der Waals surface area contributed by atoms with Crippen LogP contribution < -0.4 is 16.2 Å². The molecule has 0 bridgehead atoms. The number of aromatic nitrogens is 2. The molecule has 0 aliphatic carbocycles. The Bertz CT molecular complexity index is 416. The lowest BCUT2D eigenvalue weighted by atomic mass is 9.94. The summed E-state index contributed by atoms with van der Waals surface area (Å²) in [5, 5.41) is 0. The van der Waals surface area contributed by atoms with Crippen LogP contribution >= 0.6 is 0 Å². The van der Waals surface area contributed by atoms with E-state index in [1.54, 1.807) is 17.0 Å². The molecule has 0 radical (unpaired) electrons. The molecule has 1 aliphatic rings. The van der Waals surface area contributed by atoms with Gasteiger partial charge in [-0.3, -0.25) is 4.79 Å². The van der Waals surface area contributed by atoms with Crippen LogP contribution in [0.4, 0.5) is 5.82 Å². The molecule has 0 saturated carbocycles. The van der Waals surface area contributed by atoms with Crippen LogP contribution in [0.5, 0.6) is 0 Å². The summed E-state index contributed by atoms with van der Waals surface area (Å²) >= 11 is 0. The molecule has 1 aromatic rings. The van der Waals surface area contributed by atoms with Gasteiger partial charge in [0.2, 0.25) is 0 Å². The first-order valence-electron chi connectivity index (χ1n) is 5.13. The molecule has 5 nitrogen and oxygen atoms in total. The Hall–Kier alpha value is -1.36. The lowest BCUT2D eigenvalue weighted by Crippen LogP contribution is -2.66. The highest BCUT2D eigenvalue weighted by atomic mass is 16.1. The lowest BCUT2D eigenvalue weighted by molar-refractivity contribution is 0.361. The van der Waals surface area contributed by atoms with Crippen LogP contribution in [-0.2, 0) is 6.54 Å². The van der Waals surface area contributed by atoms with E-state index in [1.165, 1.54) is 0 Å². The second kappa shape index (κ2) is 3.34. The molecular formula is C10H16N4O. The first-order valence-corrected chi connectivity index (χ1v) is 5.13. The normalized spacial score (nSPS) is 18.7. The van der Waals surface area contributed by atoms with Gasteiger partial charge in [-0.25, -0.2) is 4.98 Å². The highest BCUT2D eigenvalue weighted by molar-refractivity contribution is 5.42. The van der Waals surface area contributed by atoms with Crippen molar-refractivity contribution in [1.29, 1.82) is 0 Å².